The zero-order valence-electron chi connectivity index (χ0n) is 26.5. The van der Waals surface area contributed by atoms with Crippen molar-refractivity contribution in [1.29, 1.82) is 10.5 Å². The van der Waals surface area contributed by atoms with Crippen LogP contribution in [0.1, 0.15) is 61.3 Å². The highest BCUT2D eigenvalue weighted by molar-refractivity contribution is 7.93. The summed E-state index contributed by atoms with van der Waals surface area (Å²) in [5, 5.41) is 29.5. The van der Waals surface area contributed by atoms with E-state index in [2.05, 4.69) is 9.44 Å². The molecule has 4 aromatic rings. The summed E-state index contributed by atoms with van der Waals surface area (Å²) in [5.74, 6) is -1.56. The van der Waals surface area contributed by atoms with E-state index in [4.69, 9.17) is 15.3 Å². The van der Waals surface area contributed by atoms with Crippen LogP contribution in [0.3, 0.4) is 0 Å². The maximum Gasteiger partial charge on any atom is 0.338 e. The number of aliphatic hydroxyl groups is 1. The summed E-state index contributed by atoms with van der Waals surface area (Å²) in [6, 6.07) is 27.8. The lowest BCUT2D eigenvalue weighted by atomic mass is 9.80. The number of cyclic esters (lactones) is 1. The molecule has 0 aliphatic carbocycles. The third kappa shape index (κ3) is 7.28. The van der Waals surface area contributed by atoms with Crippen LogP contribution in [-0.2, 0) is 35.2 Å². The Balaban J connectivity index is 1.41. The predicted molar refractivity (Wildman–Crippen MR) is 182 cm³/mol. The highest BCUT2D eigenvalue weighted by atomic mass is 32.2. The van der Waals surface area contributed by atoms with Gasteiger partial charge in [0.25, 0.3) is 20.0 Å². The van der Waals surface area contributed by atoms with Crippen molar-refractivity contribution < 1.29 is 31.5 Å². The lowest BCUT2D eigenvalue weighted by molar-refractivity contribution is -0.161. The fraction of sp³-hybridized carbons (Fsp3) is 0.194. The second-order valence-electron chi connectivity index (χ2n) is 11.4. The average molecular weight is 697 g/mol. The number of nitrogens with one attached hydrogen (secondary N) is 2. The van der Waals surface area contributed by atoms with E-state index in [9.17, 15) is 26.7 Å². The molecule has 11 nitrogen and oxygen atoms in total. The molecular formula is C36H32N4O7S2. The molecule has 1 aliphatic heterocycles. The summed E-state index contributed by atoms with van der Waals surface area (Å²) in [7, 11) is -7.99. The standard InChI is InChI=1S/C36H32N4O7S2/c1-3-32(26-7-5-9-28(19-26)39-48(43,44)30-15-11-24(22-37)12-16-30)34-33(41)21-36(4-2,47-35(34)42)27-8-6-10-29(20-27)40-49(45,46)31-17-13-25(23-38)14-18-31/h5-20,32,39-41H,3-4,21H2,1-2H3. The largest absolute Gasteiger partial charge is 0.512 e. The number of carbonyl (C=O) groups is 1. The van der Waals surface area contributed by atoms with Crippen molar-refractivity contribution in [1.82, 2.24) is 0 Å². The van der Waals surface area contributed by atoms with E-state index < -0.39 is 37.5 Å². The Morgan fingerprint density at radius 1 is 0.796 bits per heavy atom. The van der Waals surface area contributed by atoms with E-state index in [0.717, 1.165) is 0 Å². The Morgan fingerprint density at radius 3 is 1.78 bits per heavy atom. The molecule has 0 fully saturated rings. The second kappa shape index (κ2) is 13.8. The van der Waals surface area contributed by atoms with Gasteiger partial charge in [-0.3, -0.25) is 9.44 Å². The van der Waals surface area contributed by atoms with Gasteiger partial charge in [-0.1, -0.05) is 38.1 Å². The van der Waals surface area contributed by atoms with Crippen molar-refractivity contribution in [3.63, 3.8) is 0 Å². The molecule has 1 heterocycles. The van der Waals surface area contributed by atoms with Crippen LogP contribution >= 0.6 is 0 Å². The molecule has 2 unspecified atom stereocenters. The van der Waals surface area contributed by atoms with Crippen LogP contribution in [0.2, 0.25) is 0 Å². The molecule has 0 amide bonds. The lowest BCUT2D eigenvalue weighted by Crippen LogP contribution is -2.38. The summed E-state index contributed by atoms with van der Waals surface area (Å²) >= 11 is 0. The van der Waals surface area contributed by atoms with E-state index in [-0.39, 0.29) is 45.3 Å². The Morgan fingerprint density at radius 2 is 1.31 bits per heavy atom. The first-order valence-electron chi connectivity index (χ1n) is 15.3. The first-order chi connectivity index (χ1) is 23.3. The van der Waals surface area contributed by atoms with Gasteiger partial charge < -0.3 is 9.84 Å². The maximum absolute atomic E-state index is 13.7. The zero-order chi connectivity index (χ0) is 35.4. The van der Waals surface area contributed by atoms with Crippen molar-refractivity contribution in [3.8, 4) is 12.1 Å². The Hall–Kier alpha value is -5.63. The van der Waals surface area contributed by atoms with E-state index in [1.807, 2.05) is 19.1 Å². The molecule has 2 atom stereocenters. The molecule has 250 valence electrons. The summed E-state index contributed by atoms with van der Waals surface area (Å²) < 4.78 is 63.3. The Bertz CT molecular complexity index is 2240. The van der Waals surface area contributed by atoms with Gasteiger partial charge in [0.1, 0.15) is 11.4 Å². The minimum atomic E-state index is -4.00. The van der Waals surface area contributed by atoms with E-state index in [1.165, 1.54) is 48.5 Å². The minimum Gasteiger partial charge on any atom is -0.512 e. The molecule has 0 saturated heterocycles. The molecule has 4 aromatic carbocycles. The highest BCUT2D eigenvalue weighted by Crippen LogP contribution is 2.45. The molecule has 0 saturated carbocycles. The molecule has 1 aliphatic rings. The first kappa shape index (κ1) is 34.7. The van der Waals surface area contributed by atoms with Gasteiger partial charge in [0, 0.05) is 23.7 Å². The van der Waals surface area contributed by atoms with Crippen LogP contribution < -0.4 is 9.44 Å². The molecular weight excluding hydrogens is 665 g/mol. The molecule has 5 rings (SSSR count). The number of nitrogens with zero attached hydrogens (tertiary/aromatic N) is 2. The maximum atomic E-state index is 13.7. The summed E-state index contributed by atoms with van der Waals surface area (Å²) in [4.78, 5) is 13.7. The van der Waals surface area contributed by atoms with Crippen molar-refractivity contribution in [2.75, 3.05) is 9.44 Å². The molecule has 3 N–H and O–H groups in total. The van der Waals surface area contributed by atoms with Crippen LogP contribution in [0.15, 0.2) is 118 Å². The van der Waals surface area contributed by atoms with Crippen LogP contribution in [0.4, 0.5) is 11.4 Å². The smallest absolute Gasteiger partial charge is 0.338 e. The number of hydrogen-bond acceptors (Lipinski definition) is 9. The second-order valence-corrected chi connectivity index (χ2v) is 14.8. The summed E-state index contributed by atoms with van der Waals surface area (Å²) in [6.45, 7) is 3.62. The molecule has 13 heteroatoms. The van der Waals surface area contributed by atoms with E-state index >= 15 is 0 Å². The van der Waals surface area contributed by atoms with Crippen molar-refractivity contribution in [2.45, 2.75) is 54.4 Å². The van der Waals surface area contributed by atoms with Gasteiger partial charge in [-0.2, -0.15) is 10.5 Å². The highest BCUT2D eigenvalue weighted by Gasteiger charge is 2.44. The number of ether oxygens (including phenoxy) is 1. The van der Waals surface area contributed by atoms with E-state index in [1.54, 1.807) is 55.5 Å². The number of carbonyl (C=O) groups excluding carboxylic acids is 1. The van der Waals surface area contributed by atoms with Gasteiger partial charge >= 0.3 is 5.97 Å². The predicted octanol–water partition coefficient (Wildman–Crippen LogP) is 6.59. The third-order valence-electron chi connectivity index (χ3n) is 8.37. The van der Waals surface area contributed by atoms with Crippen LogP contribution in [0, 0.1) is 22.7 Å². The number of esters is 1. The van der Waals surface area contributed by atoms with Gasteiger partial charge in [0.15, 0.2) is 0 Å². The molecule has 0 aromatic heterocycles. The molecule has 0 bridgehead atoms. The number of sulfonamides is 2. The lowest BCUT2D eigenvalue weighted by Gasteiger charge is -2.38. The number of nitriles is 2. The quantitative estimate of drug-likeness (QED) is 0.145. The number of hydrogen-bond donors (Lipinski definition) is 3. The first-order valence-corrected chi connectivity index (χ1v) is 18.2. The normalized spacial score (nSPS) is 16.9. The minimum absolute atomic E-state index is 0.0258. The van der Waals surface area contributed by atoms with Gasteiger partial charge in [-0.25, -0.2) is 21.6 Å². The SMILES string of the molecule is CCC(C1=C(O)CC(CC)(c2cccc(NS(=O)(=O)c3ccc(C#N)cc3)c2)OC1=O)c1cccc(NS(=O)(=O)c2ccc(C#N)cc2)c1. The number of rotatable bonds is 11. The Labute approximate surface area is 285 Å². The van der Waals surface area contributed by atoms with Crippen LogP contribution in [0.25, 0.3) is 0 Å². The topological polar surface area (TPSA) is 186 Å². The van der Waals surface area contributed by atoms with Crippen LogP contribution in [-0.4, -0.2) is 27.9 Å². The zero-order valence-corrected chi connectivity index (χ0v) is 28.2. The van der Waals surface area contributed by atoms with Crippen LogP contribution in [0.5, 0.6) is 0 Å². The van der Waals surface area contributed by atoms with Gasteiger partial charge in [-0.05, 0) is 96.8 Å². The molecule has 0 radical (unpaired) electrons. The Kier molecular flexibility index (Phi) is 9.80. The van der Waals surface area contributed by atoms with Gasteiger partial charge in [-0.15, -0.1) is 0 Å². The summed E-state index contributed by atoms with van der Waals surface area (Å²) in [6.07, 6.45) is 0.579. The fourth-order valence-corrected chi connectivity index (χ4v) is 7.89. The average Bonchev–Trinajstić information content (AvgIpc) is 3.09. The number of aliphatic hydroxyl groups excluding tert-OH is 1. The van der Waals surface area contributed by atoms with Crippen molar-refractivity contribution >= 4 is 37.4 Å². The fourth-order valence-electron chi connectivity index (χ4n) is 5.79. The van der Waals surface area contributed by atoms with Crippen molar-refractivity contribution in [3.05, 3.63) is 131 Å². The third-order valence-corrected chi connectivity index (χ3v) is 11.2. The molecule has 0 spiro atoms. The number of anilines is 2. The molecule has 49 heavy (non-hydrogen) atoms. The van der Waals surface area contributed by atoms with Crippen molar-refractivity contribution in [2.24, 2.45) is 0 Å². The van der Waals surface area contributed by atoms with E-state index in [0.29, 0.717) is 28.7 Å². The van der Waals surface area contributed by atoms with Gasteiger partial charge in [0.2, 0.25) is 0 Å². The monoisotopic (exact) mass is 696 g/mol. The van der Waals surface area contributed by atoms with Gasteiger partial charge in [0.05, 0.1) is 38.6 Å². The number of benzene rings is 4. The summed E-state index contributed by atoms with van der Waals surface area (Å²) in [5.41, 5.74) is 0.904.